The van der Waals surface area contributed by atoms with E-state index in [9.17, 15) is 9.59 Å². The summed E-state index contributed by atoms with van der Waals surface area (Å²) in [5, 5.41) is 2.84. The number of carbonyl (C=O) groups excluding carboxylic acids is 1. The van der Waals surface area contributed by atoms with Crippen LogP contribution in [0.2, 0.25) is 0 Å². The SMILES string of the molecule is COc1ccc(NC(=O)CN(C)CCn2c(=O)oc3ccccc32)cc1. The highest BCUT2D eigenvalue weighted by molar-refractivity contribution is 5.92. The Bertz CT molecular complexity index is 943. The number of methoxy groups -OCH3 is 1. The molecular formula is C19H21N3O4. The standard InChI is InChI=1S/C19H21N3O4/c1-21(13-18(23)20-14-7-9-15(25-2)10-8-14)11-12-22-16-5-3-4-6-17(16)26-19(22)24/h3-10H,11-13H2,1-2H3,(H,20,23). The molecule has 1 heterocycles. The van der Waals surface area contributed by atoms with Crippen LogP contribution in [0.15, 0.2) is 57.7 Å². The quantitative estimate of drug-likeness (QED) is 0.703. The number of para-hydroxylation sites is 2. The van der Waals surface area contributed by atoms with Crippen LogP contribution in [-0.2, 0) is 11.3 Å². The number of carbonyl (C=O) groups is 1. The van der Waals surface area contributed by atoms with Gasteiger partial charge in [0, 0.05) is 18.8 Å². The first-order valence-electron chi connectivity index (χ1n) is 8.27. The van der Waals surface area contributed by atoms with E-state index in [2.05, 4.69) is 5.32 Å². The van der Waals surface area contributed by atoms with Crippen molar-refractivity contribution in [1.82, 2.24) is 9.47 Å². The van der Waals surface area contributed by atoms with Gasteiger partial charge in [-0.05, 0) is 43.4 Å². The van der Waals surface area contributed by atoms with Gasteiger partial charge in [0.25, 0.3) is 0 Å². The maximum Gasteiger partial charge on any atom is 0.419 e. The Morgan fingerprint density at radius 3 is 2.65 bits per heavy atom. The predicted molar refractivity (Wildman–Crippen MR) is 99.6 cm³/mol. The molecule has 0 bridgehead atoms. The van der Waals surface area contributed by atoms with Crippen molar-refractivity contribution in [3.63, 3.8) is 0 Å². The highest BCUT2D eigenvalue weighted by Gasteiger charge is 2.11. The van der Waals surface area contributed by atoms with Gasteiger partial charge in [-0.25, -0.2) is 4.79 Å². The summed E-state index contributed by atoms with van der Waals surface area (Å²) in [4.78, 5) is 26.0. The minimum absolute atomic E-state index is 0.123. The number of amides is 1. The van der Waals surface area contributed by atoms with E-state index < -0.39 is 0 Å². The Morgan fingerprint density at radius 1 is 1.19 bits per heavy atom. The normalized spacial score (nSPS) is 11.0. The van der Waals surface area contributed by atoms with E-state index in [1.165, 1.54) is 0 Å². The Balaban J connectivity index is 1.54. The van der Waals surface area contributed by atoms with Crippen molar-refractivity contribution in [2.75, 3.05) is 32.6 Å². The molecule has 3 aromatic rings. The second-order valence-corrected chi connectivity index (χ2v) is 6.00. The molecular weight excluding hydrogens is 334 g/mol. The van der Waals surface area contributed by atoms with E-state index in [1.54, 1.807) is 42.0 Å². The zero-order valence-electron chi connectivity index (χ0n) is 14.8. The van der Waals surface area contributed by atoms with Crippen molar-refractivity contribution < 1.29 is 13.9 Å². The van der Waals surface area contributed by atoms with Crippen LogP contribution in [0.3, 0.4) is 0 Å². The van der Waals surface area contributed by atoms with Crippen molar-refractivity contribution in [1.29, 1.82) is 0 Å². The van der Waals surface area contributed by atoms with Gasteiger partial charge in [-0.3, -0.25) is 14.3 Å². The molecule has 3 rings (SSSR count). The van der Waals surface area contributed by atoms with Crippen molar-refractivity contribution in [2.24, 2.45) is 0 Å². The lowest BCUT2D eigenvalue weighted by Crippen LogP contribution is -2.33. The van der Waals surface area contributed by atoms with Crippen molar-refractivity contribution in [3.05, 3.63) is 59.1 Å². The lowest BCUT2D eigenvalue weighted by Gasteiger charge is -2.16. The van der Waals surface area contributed by atoms with E-state index in [-0.39, 0.29) is 18.2 Å². The van der Waals surface area contributed by atoms with E-state index in [1.807, 2.05) is 30.1 Å². The van der Waals surface area contributed by atoms with Gasteiger partial charge in [0.2, 0.25) is 5.91 Å². The van der Waals surface area contributed by atoms with E-state index in [0.717, 1.165) is 11.3 Å². The molecule has 0 aliphatic heterocycles. The molecule has 7 nitrogen and oxygen atoms in total. The van der Waals surface area contributed by atoms with Gasteiger partial charge in [-0.2, -0.15) is 0 Å². The maximum atomic E-state index is 12.1. The third-order valence-corrected chi connectivity index (χ3v) is 4.07. The van der Waals surface area contributed by atoms with Crippen LogP contribution in [0.1, 0.15) is 0 Å². The van der Waals surface area contributed by atoms with Gasteiger partial charge in [0.05, 0.1) is 19.2 Å². The molecule has 0 radical (unpaired) electrons. The summed E-state index contributed by atoms with van der Waals surface area (Å²) < 4.78 is 11.9. The van der Waals surface area contributed by atoms with Crippen LogP contribution >= 0.6 is 0 Å². The summed E-state index contributed by atoms with van der Waals surface area (Å²) in [5.74, 6) is 0.224. The molecule has 7 heteroatoms. The number of benzene rings is 2. The lowest BCUT2D eigenvalue weighted by molar-refractivity contribution is -0.117. The Kier molecular flexibility index (Phi) is 5.38. The second-order valence-electron chi connectivity index (χ2n) is 6.00. The fourth-order valence-electron chi connectivity index (χ4n) is 2.70. The monoisotopic (exact) mass is 355 g/mol. The molecule has 0 aliphatic rings. The van der Waals surface area contributed by atoms with Crippen LogP contribution in [0, 0.1) is 0 Å². The Morgan fingerprint density at radius 2 is 1.92 bits per heavy atom. The molecule has 1 N–H and O–H groups in total. The number of ether oxygens (including phenoxy) is 1. The topological polar surface area (TPSA) is 76.7 Å². The number of nitrogens with one attached hydrogen (secondary N) is 1. The average molecular weight is 355 g/mol. The third-order valence-electron chi connectivity index (χ3n) is 4.07. The second kappa shape index (κ2) is 7.88. The first-order chi connectivity index (χ1) is 12.6. The van der Waals surface area contributed by atoms with Crippen molar-refractivity contribution in [2.45, 2.75) is 6.54 Å². The van der Waals surface area contributed by atoms with Gasteiger partial charge >= 0.3 is 5.76 Å². The summed E-state index contributed by atoms with van der Waals surface area (Å²) in [6.45, 7) is 1.21. The van der Waals surface area contributed by atoms with Crippen LogP contribution in [-0.4, -0.2) is 42.6 Å². The molecule has 26 heavy (non-hydrogen) atoms. The van der Waals surface area contributed by atoms with E-state index >= 15 is 0 Å². The first-order valence-corrected chi connectivity index (χ1v) is 8.27. The Hall–Kier alpha value is -3.06. The zero-order chi connectivity index (χ0) is 18.5. The molecule has 0 spiro atoms. The van der Waals surface area contributed by atoms with Crippen LogP contribution in [0.4, 0.5) is 5.69 Å². The molecule has 0 aliphatic carbocycles. The molecule has 1 amide bonds. The molecule has 0 fully saturated rings. The number of nitrogens with zero attached hydrogens (tertiary/aromatic N) is 2. The first kappa shape index (κ1) is 17.8. The number of fused-ring (bicyclic) bond motifs is 1. The number of likely N-dealkylation sites (N-methyl/N-ethyl adjacent to an activating group) is 1. The fraction of sp³-hybridized carbons (Fsp3) is 0.263. The van der Waals surface area contributed by atoms with Crippen LogP contribution in [0.5, 0.6) is 5.75 Å². The molecule has 0 saturated carbocycles. The lowest BCUT2D eigenvalue weighted by atomic mass is 10.3. The maximum absolute atomic E-state index is 12.1. The van der Waals surface area contributed by atoms with Crippen LogP contribution < -0.4 is 15.8 Å². The molecule has 0 saturated heterocycles. The molecule has 2 aromatic carbocycles. The number of oxazole rings is 1. The van der Waals surface area contributed by atoms with Gasteiger partial charge in [-0.1, -0.05) is 12.1 Å². The van der Waals surface area contributed by atoms with E-state index in [4.69, 9.17) is 9.15 Å². The predicted octanol–water partition coefficient (Wildman–Crippen LogP) is 2.17. The number of anilines is 1. The summed E-state index contributed by atoms with van der Waals surface area (Å²) in [7, 11) is 3.43. The van der Waals surface area contributed by atoms with Gasteiger partial charge < -0.3 is 14.5 Å². The summed E-state index contributed by atoms with van der Waals surface area (Å²) in [6, 6.07) is 14.4. The molecule has 0 atom stereocenters. The smallest absolute Gasteiger partial charge is 0.419 e. The van der Waals surface area contributed by atoms with Gasteiger partial charge in [-0.15, -0.1) is 0 Å². The number of rotatable bonds is 7. The minimum Gasteiger partial charge on any atom is -0.497 e. The highest BCUT2D eigenvalue weighted by Crippen LogP contribution is 2.15. The van der Waals surface area contributed by atoms with E-state index in [0.29, 0.717) is 24.4 Å². The minimum atomic E-state index is -0.387. The fourth-order valence-corrected chi connectivity index (χ4v) is 2.70. The van der Waals surface area contributed by atoms with Crippen molar-refractivity contribution >= 4 is 22.7 Å². The Labute approximate surface area is 150 Å². The van der Waals surface area contributed by atoms with Crippen LogP contribution in [0.25, 0.3) is 11.1 Å². The summed E-state index contributed by atoms with van der Waals surface area (Å²) >= 11 is 0. The number of hydrogen-bond acceptors (Lipinski definition) is 5. The zero-order valence-corrected chi connectivity index (χ0v) is 14.8. The summed E-state index contributed by atoms with van der Waals surface area (Å²) in [6.07, 6.45) is 0. The summed E-state index contributed by atoms with van der Waals surface area (Å²) in [5.41, 5.74) is 2.03. The van der Waals surface area contributed by atoms with Gasteiger partial charge in [0.15, 0.2) is 5.58 Å². The average Bonchev–Trinajstić information content (AvgIpc) is 2.95. The van der Waals surface area contributed by atoms with Gasteiger partial charge in [0.1, 0.15) is 5.75 Å². The number of hydrogen-bond donors (Lipinski definition) is 1. The molecule has 136 valence electrons. The number of aromatic nitrogens is 1. The highest BCUT2D eigenvalue weighted by atomic mass is 16.5. The third kappa shape index (κ3) is 4.12. The molecule has 1 aromatic heterocycles. The largest absolute Gasteiger partial charge is 0.497 e. The van der Waals surface area contributed by atoms with Crippen molar-refractivity contribution in [3.8, 4) is 5.75 Å². The molecule has 0 unspecified atom stereocenters.